The number of nitrogens with zero attached hydrogens (tertiary/aromatic N) is 2. The topological polar surface area (TPSA) is 36.3 Å². The van der Waals surface area contributed by atoms with Gasteiger partial charge in [0.15, 0.2) is 0 Å². The van der Waals surface area contributed by atoms with Gasteiger partial charge < -0.3 is 4.74 Å². The Morgan fingerprint density at radius 1 is 1.50 bits per heavy atom. The van der Waals surface area contributed by atoms with Crippen LogP contribution in [0.4, 0.5) is 0 Å². The average molecular weight is 309 g/mol. The van der Waals surface area contributed by atoms with Crippen LogP contribution in [0.25, 0.3) is 0 Å². The lowest BCUT2D eigenvalue weighted by atomic mass is 10.2. The smallest absolute Gasteiger partial charge is 0.119 e. The second-order valence-electron chi connectivity index (χ2n) is 4.57. The molecule has 0 atom stereocenters. The molecule has 0 aliphatic heterocycles. The van der Waals surface area contributed by atoms with Crippen molar-refractivity contribution in [2.45, 2.75) is 31.8 Å². The molecule has 1 aliphatic carbocycles. The van der Waals surface area contributed by atoms with E-state index in [1.165, 1.54) is 18.4 Å². The van der Waals surface area contributed by atoms with E-state index in [2.05, 4.69) is 33.0 Å². The number of halogens is 1. The van der Waals surface area contributed by atoms with Crippen molar-refractivity contribution in [2.24, 2.45) is 0 Å². The molecule has 18 heavy (non-hydrogen) atoms. The van der Waals surface area contributed by atoms with Crippen molar-refractivity contribution in [2.75, 3.05) is 13.7 Å². The molecule has 4 heteroatoms. The maximum absolute atomic E-state index is 8.71. The van der Waals surface area contributed by atoms with Crippen LogP contribution in [0.15, 0.2) is 22.7 Å². The molecule has 0 aromatic heterocycles. The zero-order chi connectivity index (χ0) is 13.0. The lowest BCUT2D eigenvalue weighted by molar-refractivity contribution is 0.260. The Morgan fingerprint density at radius 2 is 2.28 bits per heavy atom. The molecule has 1 aliphatic rings. The molecule has 1 aromatic carbocycles. The zero-order valence-corrected chi connectivity index (χ0v) is 12.1. The van der Waals surface area contributed by atoms with E-state index in [1.807, 2.05) is 12.1 Å². The number of benzene rings is 1. The van der Waals surface area contributed by atoms with Crippen LogP contribution in [0.1, 0.15) is 24.8 Å². The number of rotatable bonds is 6. The fraction of sp³-hybridized carbons (Fsp3) is 0.500. The van der Waals surface area contributed by atoms with E-state index in [9.17, 15) is 0 Å². The van der Waals surface area contributed by atoms with Gasteiger partial charge in [0, 0.05) is 30.0 Å². The van der Waals surface area contributed by atoms with Gasteiger partial charge in [-0.3, -0.25) is 4.90 Å². The third-order valence-corrected chi connectivity index (χ3v) is 3.97. The minimum absolute atomic E-state index is 0.595. The van der Waals surface area contributed by atoms with E-state index in [0.29, 0.717) is 12.5 Å². The first-order valence-electron chi connectivity index (χ1n) is 6.18. The summed E-state index contributed by atoms with van der Waals surface area (Å²) in [6, 6.07) is 8.92. The highest BCUT2D eigenvalue weighted by Gasteiger charge is 2.28. The van der Waals surface area contributed by atoms with E-state index < -0.39 is 0 Å². The number of ether oxygens (including phenoxy) is 1. The van der Waals surface area contributed by atoms with Crippen LogP contribution in [0.3, 0.4) is 0 Å². The van der Waals surface area contributed by atoms with Gasteiger partial charge in [-0.2, -0.15) is 5.26 Å². The van der Waals surface area contributed by atoms with Crippen LogP contribution in [0.2, 0.25) is 0 Å². The van der Waals surface area contributed by atoms with E-state index in [0.717, 1.165) is 23.3 Å². The lowest BCUT2D eigenvalue weighted by Crippen LogP contribution is -2.26. The highest BCUT2D eigenvalue weighted by molar-refractivity contribution is 9.10. The molecule has 0 bridgehead atoms. The van der Waals surface area contributed by atoms with Crippen molar-refractivity contribution in [1.82, 2.24) is 4.90 Å². The van der Waals surface area contributed by atoms with Crippen molar-refractivity contribution in [1.29, 1.82) is 5.26 Å². The maximum Gasteiger partial charge on any atom is 0.119 e. The van der Waals surface area contributed by atoms with Crippen LogP contribution in [0.5, 0.6) is 5.75 Å². The highest BCUT2D eigenvalue weighted by atomic mass is 79.9. The van der Waals surface area contributed by atoms with E-state index >= 15 is 0 Å². The zero-order valence-electron chi connectivity index (χ0n) is 10.5. The SMILES string of the molecule is COc1ccc(Br)c(CN(CCC#N)C2CC2)c1. The van der Waals surface area contributed by atoms with Gasteiger partial charge in [-0.05, 0) is 36.6 Å². The van der Waals surface area contributed by atoms with Crippen LogP contribution in [-0.4, -0.2) is 24.6 Å². The fourth-order valence-corrected chi connectivity index (χ4v) is 2.41. The molecule has 3 nitrogen and oxygen atoms in total. The summed E-state index contributed by atoms with van der Waals surface area (Å²) in [6.07, 6.45) is 3.11. The summed E-state index contributed by atoms with van der Waals surface area (Å²) in [5, 5.41) is 8.71. The van der Waals surface area contributed by atoms with Gasteiger partial charge in [0.05, 0.1) is 13.2 Å². The Labute approximate surface area is 116 Å². The molecular formula is C14H17BrN2O. The molecule has 0 amide bonds. The predicted octanol–water partition coefficient (Wildman–Crippen LogP) is 3.34. The van der Waals surface area contributed by atoms with Crippen LogP contribution in [0, 0.1) is 11.3 Å². The predicted molar refractivity (Wildman–Crippen MR) is 74.4 cm³/mol. The summed E-state index contributed by atoms with van der Waals surface area (Å²) in [7, 11) is 1.68. The van der Waals surface area contributed by atoms with Gasteiger partial charge in [0.1, 0.15) is 5.75 Å². The van der Waals surface area contributed by atoms with Gasteiger partial charge in [-0.15, -0.1) is 0 Å². The standard InChI is InChI=1S/C14H17BrN2O/c1-18-13-5-6-14(15)11(9-13)10-17(8-2-7-16)12-3-4-12/h5-6,9,12H,2-4,8,10H2,1H3. The molecule has 0 heterocycles. The molecule has 1 saturated carbocycles. The molecule has 0 N–H and O–H groups in total. The molecule has 1 aromatic rings. The highest BCUT2D eigenvalue weighted by Crippen LogP contribution is 2.31. The summed E-state index contributed by atoms with van der Waals surface area (Å²) in [4.78, 5) is 2.39. The van der Waals surface area contributed by atoms with E-state index in [-0.39, 0.29) is 0 Å². The van der Waals surface area contributed by atoms with Gasteiger partial charge in [0.2, 0.25) is 0 Å². The number of nitriles is 1. The van der Waals surface area contributed by atoms with Gasteiger partial charge in [-0.1, -0.05) is 15.9 Å². The van der Waals surface area contributed by atoms with Crippen molar-refractivity contribution in [3.63, 3.8) is 0 Å². The minimum Gasteiger partial charge on any atom is -0.497 e. The lowest BCUT2D eigenvalue weighted by Gasteiger charge is -2.21. The molecule has 0 saturated heterocycles. The number of hydrogen-bond acceptors (Lipinski definition) is 3. The first-order valence-corrected chi connectivity index (χ1v) is 6.97. The molecule has 0 spiro atoms. The van der Waals surface area contributed by atoms with Crippen LogP contribution in [-0.2, 0) is 6.54 Å². The largest absolute Gasteiger partial charge is 0.497 e. The third-order valence-electron chi connectivity index (χ3n) is 3.20. The summed E-state index contributed by atoms with van der Waals surface area (Å²) in [5.41, 5.74) is 1.22. The first kappa shape index (κ1) is 13.4. The summed E-state index contributed by atoms with van der Waals surface area (Å²) in [5.74, 6) is 0.879. The molecule has 96 valence electrons. The van der Waals surface area contributed by atoms with Gasteiger partial charge >= 0.3 is 0 Å². The molecule has 0 unspecified atom stereocenters. The van der Waals surface area contributed by atoms with Crippen molar-refractivity contribution in [3.05, 3.63) is 28.2 Å². The second-order valence-corrected chi connectivity index (χ2v) is 5.42. The van der Waals surface area contributed by atoms with E-state index in [4.69, 9.17) is 10.00 Å². The summed E-state index contributed by atoms with van der Waals surface area (Å²) < 4.78 is 6.36. The Hall–Kier alpha value is -1.05. The normalized spacial score (nSPS) is 14.6. The Kier molecular flexibility index (Phi) is 4.62. The molecule has 2 rings (SSSR count). The Balaban J connectivity index is 2.07. The number of hydrogen-bond donors (Lipinski definition) is 0. The number of methoxy groups -OCH3 is 1. The third kappa shape index (κ3) is 3.47. The van der Waals surface area contributed by atoms with Gasteiger partial charge in [-0.25, -0.2) is 0 Å². The summed E-state index contributed by atoms with van der Waals surface area (Å²) >= 11 is 3.58. The fourth-order valence-electron chi connectivity index (χ4n) is 2.04. The molecule has 1 fully saturated rings. The molecule has 0 radical (unpaired) electrons. The molecular weight excluding hydrogens is 292 g/mol. The van der Waals surface area contributed by atoms with Crippen LogP contribution >= 0.6 is 15.9 Å². The van der Waals surface area contributed by atoms with E-state index in [1.54, 1.807) is 7.11 Å². The maximum atomic E-state index is 8.71. The van der Waals surface area contributed by atoms with Crippen molar-refractivity contribution in [3.8, 4) is 11.8 Å². The Morgan fingerprint density at radius 3 is 2.89 bits per heavy atom. The average Bonchev–Trinajstić information content (AvgIpc) is 3.21. The Bertz CT molecular complexity index is 452. The van der Waals surface area contributed by atoms with Crippen LogP contribution < -0.4 is 4.74 Å². The first-order chi connectivity index (χ1) is 8.74. The quantitative estimate of drug-likeness (QED) is 0.808. The van der Waals surface area contributed by atoms with Gasteiger partial charge in [0.25, 0.3) is 0 Å². The summed E-state index contributed by atoms with van der Waals surface area (Å²) in [6.45, 7) is 1.73. The minimum atomic E-state index is 0.595. The monoisotopic (exact) mass is 308 g/mol. The second kappa shape index (κ2) is 6.21. The van der Waals surface area contributed by atoms with Crippen molar-refractivity contribution < 1.29 is 4.74 Å². The van der Waals surface area contributed by atoms with Crippen molar-refractivity contribution >= 4 is 15.9 Å².